The summed E-state index contributed by atoms with van der Waals surface area (Å²) in [4.78, 5) is 24.9. The number of fused-ring (bicyclic) bond motifs is 1. The van der Waals surface area contributed by atoms with Gasteiger partial charge in [-0.05, 0) is 44.1 Å². The Balaban J connectivity index is 0.000000298. The van der Waals surface area contributed by atoms with Crippen molar-refractivity contribution in [3.63, 3.8) is 0 Å². The Bertz CT molecular complexity index is 746. The molecule has 4 N–H and O–H groups in total. The number of aromatic nitrogens is 1. The molecule has 29 heavy (non-hydrogen) atoms. The first-order valence-electron chi connectivity index (χ1n) is 9.77. The van der Waals surface area contributed by atoms with Crippen LogP contribution in [0, 0.1) is 0 Å². The van der Waals surface area contributed by atoms with Gasteiger partial charge in [0.15, 0.2) is 0 Å². The second-order valence-electron chi connectivity index (χ2n) is 8.05. The molecule has 0 spiro atoms. The maximum atomic E-state index is 15.1. The van der Waals surface area contributed by atoms with Gasteiger partial charge in [-0.3, -0.25) is 4.79 Å². The van der Waals surface area contributed by atoms with Crippen molar-refractivity contribution in [2.45, 2.75) is 68.2 Å². The molecule has 3 aliphatic rings. The number of hydrogen-bond acceptors (Lipinski definition) is 3. The van der Waals surface area contributed by atoms with Gasteiger partial charge in [-0.1, -0.05) is 12.8 Å². The fourth-order valence-corrected chi connectivity index (χ4v) is 4.75. The fourth-order valence-electron chi connectivity index (χ4n) is 4.75. The second-order valence-corrected chi connectivity index (χ2v) is 8.05. The quantitative estimate of drug-likeness (QED) is 0.566. The molecule has 10 heteroatoms. The summed E-state index contributed by atoms with van der Waals surface area (Å²) >= 11 is 0. The van der Waals surface area contributed by atoms with E-state index in [-0.39, 0.29) is 5.91 Å². The van der Waals surface area contributed by atoms with E-state index in [1.807, 2.05) is 12.3 Å². The number of aliphatic carboxylic acids is 1. The molecule has 1 aromatic heterocycles. The van der Waals surface area contributed by atoms with Crippen LogP contribution in [-0.2, 0) is 4.79 Å². The minimum absolute atomic E-state index is 0.115. The van der Waals surface area contributed by atoms with Gasteiger partial charge >= 0.3 is 12.1 Å². The van der Waals surface area contributed by atoms with Gasteiger partial charge < -0.3 is 20.7 Å². The number of halogens is 4. The molecular weight excluding hydrogens is 394 g/mol. The number of nitrogens with one attached hydrogen (secondary N) is 3. The van der Waals surface area contributed by atoms with Gasteiger partial charge in [-0.25, -0.2) is 9.18 Å². The Morgan fingerprint density at radius 3 is 2.41 bits per heavy atom. The zero-order valence-electron chi connectivity index (χ0n) is 15.9. The number of aromatic amines is 1. The lowest BCUT2D eigenvalue weighted by Crippen LogP contribution is -2.58. The van der Waals surface area contributed by atoms with Crippen molar-refractivity contribution < 1.29 is 32.3 Å². The van der Waals surface area contributed by atoms with Crippen LogP contribution in [0.15, 0.2) is 12.3 Å². The molecule has 3 fully saturated rings. The van der Waals surface area contributed by atoms with Gasteiger partial charge in [-0.2, -0.15) is 13.2 Å². The first-order chi connectivity index (χ1) is 13.6. The number of hydrogen-bond donors (Lipinski definition) is 4. The summed E-state index contributed by atoms with van der Waals surface area (Å²) in [5.74, 6) is -2.42. The minimum atomic E-state index is -5.08. The molecule has 4 rings (SSSR count). The average molecular weight is 419 g/mol. The lowest BCUT2D eigenvalue weighted by Gasteiger charge is -2.34. The number of carbonyl (C=O) groups excluding carboxylic acids is 1. The first-order valence-corrected chi connectivity index (χ1v) is 9.77. The van der Waals surface area contributed by atoms with Crippen LogP contribution in [0.5, 0.6) is 0 Å². The maximum absolute atomic E-state index is 15.1. The van der Waals surface area contributed by atoms with Gasteiger partial charge in [0.25, 0.3) is 5.91 Å². The topological polar surface area (TPSA) is 94.2 Å². The zero-order chi connectivity index (χ0) is 21.3. The van der Waals surface area contributed by atoms with E-state index in [0.29, 0.717) is 31.0 Å². The molecule has 0 aromatic carbocycles. The van der Waals surface area contributed by atoms with E-state index in [4.69, 9.17) is 9.90 Å². The van der Waals surface area contributed by atoms with Crippen molar-refractivity contribution in [2.75, 3.05) is 13.1 Å². The number of rotatable bonds is 3. The molecule has 2 aliphatic carbocycles. The predicted molar refractivity (Wildman–Crippen MR) is 96.4 cm³/mol. The first kappa shape index (κ1) is 21.6. The highest BCUT2D eigenvalue weighted by Crippen LogP contribution is 2.45. The standard InChI is InChI=1S/C17H24FN3O.C2HF3O2/c18-16-7-3-8-17(16,11-19-10-16)21-15(22)13-6-9-20-14(13)12-4-1-2-5-12;3-2(4,5)1(6)7/h6,9,12,19-20H,1-5,7-8,10-11H2,(H,21,22);(H,6,7)/t16-,17+;/m0./s1. The van der Waals surface area contributed by atoms with Gasteiger partial charge in [0.05, 0.1) is 11.1 Å². The smallest absolute Gasteiger partial charge is 0.475 e. The third kappa shape index (κ3) is 4.26. The van der Waals surface area contributed by atoms with Crippen LogP contribution in [0.3, 0.4) is 0 Å². The fraction of sp³-hybridized carbons (Fsp3) is 0.684. The predicted octanol–water partition coefficient (Wildman–Crippen LogP) is 3.27. The van der Waals surface area contributed by atoms with Crippen molar-refractivity contribution in [3.8, 4) is 0 Å². The molecule has 2 saturated carbocycles. The Labute approximate surface area is 165 Å². The summed E-state index contributed by atoms with van der Waals surface area (Å²) in [6, 6.07) is 1.84. The molecule has 6 nitrogen and oxygen atoms in total. The molecule has 1 amide bonds. The molecule has 2 atom stereocenters. The summed E-state index contributed by atoms with van der Waals surface area (Å²) < 4.78 is 46.8. The highest BCUT2D eigenvalue weighted by atomic mass is 19.4. The number of alkyl halides is 4. The molecule has 1 aromatic rings. The van der Waals surface area contributed by atoms with Crippen LogP contribution in [0.2, 0.25) is 0 Å². The Kier molecular flexibility index (Phi) is 5.93. The molecule has 1 saturated heterocycles. The summed E-state index contributed by atoms with van der Waals surface area (Å²) in [7, 11) is 0. The van der Waals surface area contributed by atoms with Crippen LogP contribution in [0.4, 0.5) is 17.6 Å². The van der Waals surface area contributed by atoms with Crippen LogP contribution < -0.4 is 10.6 Å². The summed E-state index contributed by atoms with van der Waals surface area (Å²) in [5.41, 5.74) is -0.247. The lowest BCUT2D eigenvalue weighted by atomic mass is 9.87. The third-order valence-corrected chi connectivity index (χ3v) is 6.25. The van der Waals surface area contributed by atoms with E-state index in [2.05, 4.69) is 15.6 Å². The maximum Gasteiger partial charge on any atom is 0.490 e. The van der Waals surface area contributed by atoms with Crippen LogP contribution in [0.25, 0.3) is 0 Å². The molecule has 162 valence electrons. The van der Waals surface area contributed by atoms with Crippen molar-refractivity contribution in [1.82, 2.24) is 15.6 Å². The van der Waals surface area contributed by atoms with Crippen LogP contribution in [0.1, 0.15) is 66.9 Å². The molecule has 1 aliphatic heterocycles. The van der Waals surface area contributed by atoms with Crippen molar-refractivity contribution in [2.24, 2.45) is 0 Å². The number of carbonyl (C=O) groups is 2. The number of carboxylic acid groups (broad SMARTS) is 1. The van der Waals surface area contributed by atoms with Crippen molar-refractivity contribution >= 4 is 11.9 Å². The summed E-state index contributed by atoms with van der Waals surface area (Å²) in [6.07, 6.45) is 3.61. The van der Waals surface area contributed by atoms with Gasteiger partial charge in [0, 0.05) is 25.0 Å². The van der Waals surface area contributed by atoms with E-state index in [1.54, 1.807) is 0 Å². The summed E-state index contributed by atoms with van der Waals surface area (Å²) in [6.45, 7) is 0.897. The van der Waals surface area contributed by atoms with Crippen molar-refractivity contribution in [1.29, 1.82) is 0 Å². The highest BCUT2D eigenvalue weighted by Gasteiger charge is 2.59. The third-order valence-electron chi connectivity index (χ3n) is 6.25. The number of carboxylic acids is 1. The Morgan fingerprint density at radius 1 is 1.14 bits per heavy atom. The van der Waals surface area contributed by atoms with E-state index in [1.165, 1.54) is 12.8 Å². The molecular formula is C19H25F4N3O3. The van der Waals surface area contributed by atoms with Gasteiger partial charge in [-0.15, -0.1) is 0 Å². The van der Waals surface area contributed by atoms with E-state index in [0.717, 1.165) is 31.4 Å². The molecule has 0 unspecified atom stereocenters. The van der Waals surface area contributed by atoms with E-state index in [9.17, 15) is 18.0 Å². The number of amides is 1. The van der Waals surface area contributed by atoms with Crippen molar-refractivity contribution in [3.05, 3.63) is 23.5 Å². The molecule has 0 radical (unpaired) electrons. The van der Waals surface area contributed by atoms with Gasteiger partial charge in [0.1, 0.15) is 5.67 Å². The molecule has 0 bridgehead atoms. The Hall–Kier alpha value is -2.10. The average Bonchev–Trinajstić information content (AvgIpc) is 3.37. The number of H-pyrrole nitrogens is 1. The van der Waals surface area contributed by atoms with E-state index < -0.39 is 23.4 Å². The molecule has 2 heterocycles. The zero-order valence-corrected chi connectivity index (χ0v) is 15.9. The Morgan fingerprint density at radius 2 is 1.79 bits per heavy atom. The van der Waals surface area contributed by atoms with Crippen LogP contribution >= 0.6 is 0 Å². The lowest BCUT2D eigenvalue weighted by molar-refractivity contribution is -0.192. The largest absolute Gasteiger partial charge is 0.490 e. The monoisotopic (exact) mass is 419 g/mol. The normalized spacial score (nSPS) is 29.2. The van der Waals surface area contributed by atoms with E-state index >= 15 is 4.39 Å². The summed E-state index contributed by atoms with van der Waals surface area (Å²) in [5, 5.41) is 13.3. The minimum Gasteiger partial charge on any atom is -0.475 e. The van der Waals surface area contributed by atoms with Gasteiger partial charge in [0.2, 0.25) is 0 Å². The van der Waals surface area contributed by atoms with Crippen LogP contribution in [-0.4, -0.2) is 52.4 Å². The SMILES string of the molecule is O=C(N[C@@]12CCC[C@]1(F)CNC2)c1cc[nH]c1C1CCCC1.O=C(O)C(F)(F)F. The second kappa shape index (κ2) is 7.97. The highest BCUT2D eigenvalue weighted by molar-refractivity contribution is 5.96.